The number of amides is 2. The fourth-order valence-corrected chi connectivity index (χ4v) is 2.33. The maximum Gasteiger partial charge on any atom is 0.289 e. The number of carbonyl (C=O) groups is 2. The zero-order valence-electron chi connectivity index (χ0n) is 13.3. The normalized spacial score (nSPS) is 10.7. The molecule has 2 aromatic rings. The Morgan fingerprint density at radius 2 is 1.91 bits per heavy atom. The van der Waals surface area contributed by atoms with Crippen LogP contribution in [-0.4, -0.2) is 36.3 Å². The molecule has 0 aliphatic carbocycles. The topological polar surface area (TPSA) is 62.6 Å². The molecule has 5 nitrogen and oxygen atoms in total. The first kappa shape index (κ1) is 17.1. The number of likely N-dealkylation sites (N-methyl/N-ethyl adjacent to an activating group) is 1. The highest BCUT2D eigenvalue weighted by atomic mass is 35.5. The summed E-state index contributed by atoms with van der Waals surface area (Å²) in [6.45, 7) is 3.70. The number of nitrogens with one attached hydrogen (secondary N) is 1. The maximum absolute atomic E-state index is 12.3. The van der Waals surface area contributed by atoms with Crippen LogP contribution in [0.1, 0.15) is 24.4 Å². The molecule has 23 heavy (non-hydrogen) atoms. The molecule has 0 bridgehead atoms. The van der Waals surface area contributed by atoms with Gasteiger partial charge in [0.05, 0.1) is 11.6 Å². The van der Waals surface area contributed by atoms with Crippen molar-refractivity contribution in [3.63, 3.8) is 0 Å². The Bertz CT molecular complexity index is 709. The summed E-state index contributed by atoms with van der Waals surface area (Å²) in [5.74, 6) is 0.106. The van der Waals surface area contributed by atoms with Gasteiger partial charge in [-0.05, 0) is 38.1 Å². The summed E-state index contributed by atoms with van der Waals surface area (Å²) < 4.78 is 5.59. The number of rotatable bonds is 5. The molecule has 6 heteroatoms. The van der Waals surface area contributed by atoms with E-state index in [1.54, 1.807) is 25.2 Å². The van der Waals surface area contributed by atoms with Crippen molar-refractivity contribution in [3.05, 3.63) is 47.2 Å². The molecule has 122 valence electrons. The Morgan fingerprint density at radius 3 is 2.57 bits per heavy atom. The fourth-order valence-electron chi connectivity index (χ4n) is 2.10. The van der Waals surface area contributed by atoms with Crippen LogP contribution in [0.5, 0.6) is 0 Å². The second-order valence-electron chi connectivity index (χ2n) is 5.53. The molecule has 0 atom stereocenters. The van der Waals surface area contributed by atoms with Crippen molar-refractivity contribution < 1.29 is 14.0 Å². The van der Waals surface area contributed by atoms with Crippen LogP contribution in [0.4, 0.5) is 0 Å². The quantitative estimate of drug-likeness (QED) is 0.913. The van der Waals surface area contributed by atoms with E-state index < -0.39 is 0 Å². The van der Waals surface area contributed by atoms with Gasteiger partial charge in [-0.1, -0.05) is 23.7 Å². The first-order valence-corrected chi connectivity index (χ1v) is 7.66. The molecule has 0 unspecified atom stereocenters. The third kappa shape index (κ3) is 4.36. The Hall–Kier alpha value is -2.27. The lowest BCUT2D eigenvalue weighted by atomic mass is 10.2. The molecule has 1 heterocycles. The van der Waals surface area contributed by atoms with E-state index in [0.29, 0.717) is 16.3 Å². The van der Waals surface area contributed by atoms with E-state index in [-0.39, 0.29) is 30.2 Å². The minimum absolute atomic E-state index is 0.0286. The van der Waals surface area contributed by atoms with Crippen molar-refractivity contribution in [3.8, 4) is 11.3 Å². The van der Waals surface area contributed by atoms with E-state index in [2.05, 4.69) is 5.32 Å². The molecule has 0 saturated carbocycles. The molecule has 0 radical (unpaired) electrons. The van der Waals surface area contributed by atoms with Gasteiger partial charge >= 0.3 is 0 Å². The largest absolute Gasteiger partial charge is 0.451 e. The summed E-state index contributed by atoms with van der Waals surface area (Å²) in [5, 5.41) is 3.28. The highest BCUT2D eigenvalue weighted by Gasteiger charge is 2.19. The highest BCUT2D eigenvalue weighted by Crippen LogP contribution is 2.29. The SMILES string of the molecule is CC(C)NC(=O)CN(C)C(=O)c1ccc(-c2ccccc2Cl)o1. The molecule has 0 fully saturated rings. The average molecular weight is 335 g/mol. The van der Waals surface area contributed by atoms with Gasteiger partial charge in [-0.3, -0.25) is 9.59 Å². The van der Waals surface area contributed by atoms with Gasteiger partial charge in [-0.2, -0.15) is 0 Å². The second kappa shape index (κ2) is 7.33. The van der Waals surface area contributed by atoms with Crippen LogP contribution < -0.4 is 5.32 Å². The van der Waals surface area contributed by atoms with Crippen molar-refractivity contribution >= 4 is 23.4 Å². The van der Waals surface area contributed by atoms with Crippen LogP contribution in [-0.2, 0) is 4.79 Å². The fraction of sp³-hybridized carbons (Fsp3) is 0.294. The summed E-state index contributed by atoms with van der Waals surface area (Å²) in [5.41, 5.74) is 0.716. The molecular formula is C17H19ClN2O3. The number of furan rings is 1. The Labute approximate surface area is 140 Å². The molecule has 0 spiro atoms. The molecule has 1 aromatic heterocycles. The van der Waals surface area contributed by atoms with Gasteiger partial charge in [0.15, 0.2) is 5.76 Å². The summed E-state index contributed by atoms with van der Waals surface area (Å²) in [7, 11) is 1.56. The van der Waals surface area contributed by atoms with Gasteiger partial charge < -0.3 is 14.6 Å². The van der Waals surface area contributed by atoms with E-state index >= 15 is 0 Å². The molecule has 1 N–H and O–H groups in total. The third-order valence-corrected chi connectivity index (χ3v) is 3.46. The van der Waals surface area contributed by atoms with Crippen molar-refractivity contribution in [1.82, 2.24) is 10.2 Å². The molecule has 2 amide bonds. The summed E-state index contributed by atoms with van der Waals surface area (Å²) >= 11 is 6.12. The number of nitrogens with zero attached hydrogens (tertiary/aromatic N) is 1. The van der Waals surface area contributed by atoms with Crippen LogP contribution >= 0.6 is 11.6 Å². The van der Waals surface area contributed by atoms with Crippen LogP contribution in [0, 0.1) is 0 Å². The summed E-state index contributed by atoms with van der Waals surface area (Å²) in [6, 6.07) is 10.5. The van der Waals surface area contributed by atoms with Crippen molar-refractivity contribution in [2.45, 2.75) is 19.9 Å². The highest BCUT2D eigenvalue weighted by molar-refractivity contribution is 6.33. The monoisotopic (exact) mass is 334 g/mol. The molecule has 2 rings (SSSR count). The van der Waals surface area contributed by atoms with Crippen LogP contribution in [0.2, 0.25) is 5.02 Å². The predicted molar refractivity (Wildman–Crippen MR) is 89.4 cm³/mol. The molecule has 0 aliphatic heterocycles. The lowest BCUT2D eigenvalue weighted by Gasteiger charge is -2.16. The number of halogens is 1. The molecule has 0 aliphatic rings. The zero-order chi connectivity index (χ0) is 17.0. The lowest BCUT2D eigenvalue weighted by Crippen LogP contribution is -2.40. The van der Waals surface area contributed by atoms with Crippen LogP contribution in [0.15, 0.2) is 40.8 Å². The van der Waals surface area contributed by atoms with Gasteiger partial charge in [0, 0.05) is 18.7 Å². The summed E-state index contributed by atoms with van der Waals surface area (Å²) in [6.07, 6.45) is 0. The maximum atomic E-state index is 12.3. The predicted octanol–water partition coefficient (Wildman–Crippen LogP) is 3.20. The van der Waals surface area contributed by atoms with Crippen LogP contribution in [0.25, 0.3) is 11.3 Å². The van der Waals surface area contributed by atoms with E-state index in [9.17, 15) is 9.59 Å². The van der Waals surface area contributed by atoms with Crippen molar-refractivity contribution in [2.75, 3.05) is 13.6 Å². The lowest BCUT2D eigenvalue weighted by molar-refractivity contribution is -0.122. The van der Waals surface area contributed by atoms with Gasteiger partial charge in [0.25, 0.3) is 5.91 Å². The van der Waals surface area contributed by atoms with E-state index in [0.717, 1.165) is 0 Å². The third-order valence-electron chi connectivity index (χ3n) is 3.13. The molecular weight excluding hydrogens is 316 g/mol. The number of benzene rings is 1. The average Bonchev–Trinajstić information content (AvgIpc) is 2.95. The first-order valence-electron chi connectivity index (χ1n) is 7.28. The number of hydrogen-bond acceptors (Lipinski definition) is 3. The zero-order valence-corrected chi connectivity index (χ0v) is 14.1. The molecule has 0 saturated heterocycles. The van der Waals surface area contributed by atoms with Crippen LogP contribution in [0.3, 0.4) is 0 Å². The van der Waals surface area contributed by atoms with E-state index in [4.69, 9.17) is 16.0 Å². The van der Waals surface area contributed by atoms with Gasteiger partial charge in [0.2, 0.25) is 5.91 Å². The van der Waals surface area contributed by atoms with Gasteiger partial charge in [-0.25, -0.2) is 0 Å². The number of hydrogen-bond donors (Lipinski definition) is 1. The second-order valence-corrected chi connectivity index (χ2v) is 5.93. The Balaban J connectivity index is 2.09. The summed E-state index contributed by atoms with van der Waals surface area (Å²) in [4.78, 5) is 25.3. The minimum atomic E-state index is -0.359. The van der Waals surface area contributed by atoms with Gasteiger partial charge in [-0.15, -0.1) is 0 Å². The Kier molecular flexibility index (Phi) is 5.45. The van der Waals surface area contributed by atoms with E-state index in [1.165, 1.54) is 4.90 Å². The van der Waals surface area contributed by atoms with Crippen molar-refractivity contribution in [1.29, 1.82) is 0 Å². The minimum Gasteiger partial charge on any atom is -0.451 e. The smallest absolute Gasteiger partial charge is 0.289 e. The first-order chi connectivity index (χ1) is 10.9. The number of carbonyl (C=O) groups excluding carboxylic acids is 2. The standard InChI is InChI=1S/C17H19ClN2O3/c1-11(2)19-16(21)10-20(3)17(22)15-9-8-14(23-15)12-6-4-5-7-13(12)18/h4-9,11H,10H2,1-3H3,(H,19,21). The molecule has 1 aromatic carbocycles. The van der Waals surface area contributed by atoms with Gasteiger partial charge in [0.1, 0.15) is 5.76 Å². The Morgan fingerprint density at radius 1 is 1.22 bits per heavy atom. The van der Waals surface area contributed by atoms with E-state index in [1.807, 2.05) is 32.0 Å². The van der Waals surface area contributed by atoms with Crippen molar-refractivity contribution in [2.24, 2.45) is 0 Å².